The molecule has 0 spiro atoms. The Morgan fingerprint density at radius 2 is 2.08 bits per heavy atom. The summed E-state index contributed by atoms with van der Waals surface area (Å²) in [6.07, 6.45) is 6.70. The Balaban J connectivity index is 1.29. The van der Waals surface area contributed by atoms with Crippen LogP contribution in [0.3, 0.4) is 0 Å². The van der Waals surface area contributed by atoms with Crippen LogP contribution in [-0.2, 0) is 12.8 Å². The fourth-order valence-electron chi connectivity index (χ4n) is 3.33. The van der Waals surface area contributed by atoms with Gasteiger partial charge in [0.2, 0.25) is 0 Å². The first-order valence-electron chi connectivity index (χ1n) is 8.34. The Labute approximate surface area is 140 Å². The molecule has 0 saturated heterocycles. The van der Waals surface area contributed by atoms with E-state index in [2.05, 4.69) is 33.8 Å². The third-order valence-electron chi connectivity index (χ3n) is 4.52. The van der Waals surface area contributed by atoms with Gasteiger partial charge in [-0.25, -0.2) is 9.78 Å². The minimum atomic E-state index is -0.111. The van der Waals surface area contributed by atoms with E-state index in [0.29, 0.717) is 6.54 Å². The van der Waals surface area contributed by atoms with E-state index < -0.39 is 0 Å². The highest BCUT2D eigenvalue weighted by Crippen LogP contribution is 2.30. The van der Waals surface area contributed by atoms with Gasteiger partial charge in [0.15, 0.2) is 0 Å². The number of rotatable bonds is 4. The van der Waals surface area contributed by atoms with Crippen LogP contribution in [0.25, 0.3) is 5.65 Å². The number of hydrogen-bond donors (Lipinski definition) is 2. The molecule has 3 aromatic rings. The van der Waals surface area contributed by atoms with Crippen LogP contribution in [0.15, 0.2) is 54.9 Å². The molecule has 1 aromatic carbocycles. The molecule has 0 saturated carbocycles. The van der Waals surface area contributed by atoms with Crippen LogP contribution in [0, 0.1) is 0 Å². The Hall–Kier alpha value is -2.82. The summed E-state index contributed by atoms with van der Waals surface area (Å²) >= 11 is 0. The van der Waals surface area contributed by atoms with Gasteiger partial charge in [-0.2, -0.15) is 0 Å². The van der Waals surface area contributed by atoms with Crippen LogP contribution in [0.4, 0.5) is 4.79 Å². The topological polar surface area (TPSA) is 58.4 Å². The normalized spacial score (nSPS) is 16.1. The molecule has 24 heavy (non-hydrogen) atoms. The van der Waals surface area contributed by atoms with Crippen molar-refractivity contribution in [3.05, 3.63) is 71.7 Å². The first-order valence-corrected chi connectivity index (χ1v) is 8.34. The molecule has 0 aliphatic heterocycles. The number of carbonyl (C=O) groups is 1. The van der Waals surface area contributed by atoms with Crippen molar-refractivity contribution in [1.82, 2.24) is 20.0 Å². The number of nitrogens with zero attached hydrogens (tertiary/aromatic N) is 2. The number of nitrogens with one attached hydrogen (secondary N) is 2. The molecule has 2 aromatic heterocycles. The molecule has 1 unspecified atom stereocenters. The zero-order valence-corrected chi connectivity index (χ0v) is 13.4. The van der Waals surface area contributed by atoms with Crippen molar-refractivity contribution in [2.45, 2.75) is 25.3 Å². The van der Waals surface area contributed by atoms with Gasteiger partial charge < -0.3 is 15.0 Å². The first-order chi connectivity index (χ1) is 11.8. The van der Waals surface area contributed by atoms with E-state index in [1.54, 1.807) is 0 Å². The zero-order chi connectivity index (χ0) is 16.4. The number of aromatic nitrogens is 2. The molecule has 122 valence electrons. The Morgan fingerprint density at radius 1 is 1.21 bits per heavy atom. The van der Waals surface area contributed by atoms with Crippen LogP contribution in [-0.4, -0.2) is 22.0 Å². The lowest BCUT2D eigenvalue weighted by molar-refractivity contribution is 0.237. The van der Waals surface area contributed by atoms with Crippen molar-refractivity contribution >= 4 is 11.7 Å². The van der Waals surface area contributed by atoms with Gasteiger partial charge >= 0.3 is 6.03 Å². The molecule has 4 rings (SSSR count). The maximum Gasteiger partial charge on any atom is 0.315 e. The Morgan fingerprint density at radius 3 is 3.00 bits per heavy atom. The SMILES string of the molecule is O=C(NCCc1cn2ccccc2n1)NC1CCc2ccccc21. The summed E-state index contributed by atoms with van der Waals surface area (Å²) < 4.78 is 1.99. The molecular weight excluding hydrogens is 300 g/mol. The minimum Gasteiger partial charge on any atom is -0.338 e. The van der Waals surface area contributed by atoms with E-state index in [0.717, 1.165) is 30.6 Å². The monoisotopic (exact) mass is 320 g/mol. The van der Waals surface area contributed by atoms with Gasteiger partial charge in [0, 0.05) is 25.4 Å². The van der Waals surface area contributed by atoms with Crippen molar-refractivity contribution < 1.29 is 4.79 Å². The van der Waals surface area contributed by atoms with Crippen molar-refractivity contribution in [2.24, 2.45) is 0 Å². The number of hydrogen-bond acceptors (Lipinski definition) is 2. The maximum absolute atomic E-state index is 12.1. The van der Waals surface area contributed by atoms with Gasteiger partial charge in [0.05, 0.1) is 11.7 Å². The molecule has 2 heterocycles. The molecule has 1 atom stereocenters. The van der Waals surface area contributed by atoms with E-state index in [4.69, 9.17) is 0 Å². The average Bonchev–Trinajstić information content (AvgIpc) is 3.19. The maximum atomic E-state index is 12.1. The number of fused-ring (bicyclic) bond motifs is 2. The number of amides is 2. The molecule has 5 nitrogen and oxygen atoms in total. The van der Waals surface area contributed by atoms with E-state index in [1.807, 2.05) is 41.1 Å². The van der Waals surface area contributed by atoms with Crippen LogP contribution in [0.2, 0.25) is 0 Å². The van der Waals surface area contributed by atoms with E-state index in [1.165, 1.54) is 11.1 Å². The largest absolute Gasteiger partial charge is 0.338 e. The lowest BCUT2D eigenvalue weighted by Gasteiger charge is -2.14. The lowest BCUT2D eigenvalue weighted by atomic mass is 10.1. The van der Waals surface area contributed by atoms with Crippen molar-refractivity contribution in [1.29, 1.82) is 0 Å². The summed E-state index contributed by atoms with van der Waals surface area (Å²) in [4.78, 5) is 16.7. The second-order valence-electron chi connectivity index (χ2n) is 6.14. The molecule has 0 radical (unpaired) electrons. The molecular formula is C19H20N4O. The highest BCUT2D eigenvalue weighted by atomic mass is 16.2. The van der Waals surface area contributed by atoms with Gasteiger partial charge in [-0.05, 0) is 36.1 Å². The summed E-state index contributed by atoms with van der Waals surface area (Å²) in [5, 5.41) is 6.01. The second kappa shape index (κ2) is 6.35. The van der Waals surface area contributed by atoms with Crippen LogP contribution in [0.1, 0.15) is 29.3 Å². The molecule has 1 aliphatic rings. The number of pyridine rings is 1. The van der Waals surface area contributed by atoms with E-state index in [-0.39, 0.29) is 12.1 Å². The third kappa shape index (κ3) is 2.97. The van der Waals surface area contributed by atoms with E-state index in [9.17, 15) is 4.79 Å². The number of aryl methyl sites for hydroxylation is 1. The van der Waals surface area contributed by atoms with Gasteiger partial charge in [-0.1, -0.05) is 30.3 Å². The van der Waals surface area contributed by atoms with Crippen molar-refractivity contribution in [3.63, 3.8) is 0 Å². The van der Waals surface area contributed by atoms with E-state index >= 15 is 0 Å². The fourth-order valence-corrected chi connectivity index (χ4v) is 3.33. The highest BCUT2D eigenvalue weighted by Gasteiger charge is 2.23. The standard InChI is InChI=1S/C19H20N4O/c24-19(22-17-9-8-14-5-1-2-6-16(14)17)20-11-10-15-13-23-12-4-3-7-18(23)21-15/h1-7,12-13,17H,8-11H2,(H2,20,22,24). The Bertz CT molecular complexity index is 837. The lowest BCUT2D eigenvalue weighted by Crippen LogP contribution is -2.38. The fraction of sp³-hybridized carbons (Fsp3) is 0.263. The summed E-state index contributed by atoms with van der Waals surface area (Å²) in [7, 11) is 0. The third-order valence-corrected chi connectivity index (χ3v) is 4.52. The van der Waals surface area contributed by atoms with Gasteiger partial charge in [0.25, 0.3) is 0 Å². The van der Waals surface area contributed by atoms with Gasteiger partial charge in [-0.3, -0.25) is 0 Å². The molecule has 2 amide bonds. The predicted octanol–water partition coefficient (Wildman–Crippen LogP) is 2.86. The molecule has 5 heteroatoms. The molecule has 0 fully saturated rings. The smallest absolute Gasteiger partial charge is 0.315 e. The first kappa shape index (κ1) is 14.8. The number of carbonyl (C=O) groups excluding carboxylic acids is 1. The summed E-state index contributed by atoms with van der Waals surface area (Å²) in [6.45, 7) is 0.573. The number of benzene rings is 1. The average molecular weight is 320 g/mol. The Kier molecular flexibility index (Phi) is 3.91. The number of imidazole rings is 1. The zero-order valence-electron chi connectivity index (χ0n) is 13.4. The van der Waals surface area contributed by atoms with Gasteiger partial charge in [-0.15, -0.1) is 0 Å². The van der Waals surface area contributed by atoms with Crippen molar-refractivity contribution in [2.75, 3.05) is 6.54 Å². The summed E-state index contributed by atoms with van der Waals surface area (Å²) in [6, 6.07) is 14.2. The highest BCUT2D eigenvalue weighted by molar-refractivity contribution is 5.74. The molecule has 2 N–H and O–H groups in total. The second-order valence-corrected chi connectivity index (χ2v) is 6.14. The quantitative estimate of drug-likeness (QED) is 0.776. The number of urea groups is 1. The van der Waals surface area contributed by atoms with Crippen LogP contribution < -0.4 is 10.6 Å². The molecule has 0 bridgehead atoms. The van der Waals surface area contributed by atoms with Crippen molar-refractivity contribution in [3.8, 4) is 0 Å². The predicted molar refractivity (Wildman–Crippen MR) is 92.9 cm³/mol. The van der Waals surface area contributed by atoms with Crippen LogP contribution in [0.5, 0.6) is 0 Å². The van der Waals surface area contributed by atoms with Crippen LogP contribution >= 0.6 is 0 Å². The van der Waals surface area contributed by atoms with Gasteiger partial charge in [0.1, 0.15) is 5.65 Å². The minimum absolute atomic E-state index is 0.111. The summed E-state index contributed by atoms with van der Waals surface area (Å²) in [5.74, 6) is 0. The summed E-state index contributed by atoms with van der Waals surface area (Å²) in [5.41, 5.74) is 4.49. The molecule has 1 aliphatic carbocycles.